The van der Waals surface area contributed by atoms with Crippen molar-refractivity contribution in [2.24, 2.45) is 0 Å². The number of likely N-dealkylation sites (N-methyl/N-ethyl adjacent to an activating group) is 1. The first-order chi connectivity index (χ1) is 9.82. The van der Waals surface area contributed by atoms with Crippen LogP contribution in [0.5, 0.6) is 0 Å². The van der Waals surface area contributed by atoms with Gasteiger partial charge in [0.25, 0.3) is 0 Å². The molecule has 1 saturated heterocycles. The Morgan fingerprint density at radius 1 is 1.57 bits per heavy atom. The molecule has 1 aliphatic heterocycles. The van der Waals surface area contributed by atoms with Gasteiger partial charge in [-0.1, -0.05) is 0 Å². The Morgan fingerprint density at radius 3 is 2.71 bits per heavy atom. The van der Waals surface area contributed by atoms with Gasteiger partial charge in [-0.2, -0.15) is 0 Å². The number of aliphatic hydroxyl groups excluding tert-OH is 1. The van der Waals surface area contributed by atoms with Gasteiger partial charge in [0.15, 0.2) is 5.00 Å². The van der Waals surface area contributed by atoms with Crippen molar-refractivity contribution < 1.29 is 19.9 Å². The molecule has 21 heavy (non-hydrogen) atoms. The summed E-state index contributed by atoms with van der Waals surface area (Å²) < 4.78 is 5.23. The Morgan fingerprint density at radius 2 is 2.19 bits per heavy atom. The highest BCUT2D eigenvalue weighted by atomic mass is 32.1. The fraction of sp³-hybridized carbons (Fsp3) is 0.692. The molecular formula is C13H20N2O5S. The summed E-state index contributed by atoms with van der Waals surface area (Å²) in [5, 5.41) is 31.7. The Bertz CT molecular complexity index is 511. The van der Waals surface area contributed by atoms with Crippen LogP contribution in [0.25, 0.3) is 0 Å². The summed E-state index contributed by atoms with van der Waals surface area (Å²) in [6.07, 6.45) is 0.279. The molecule has 0 saturated carbocycles. The fourth-order valence-electron chi connectivity index (χ4n) is 2.42. The standard InChI is InChI=1S/C13H20N2O5S/c1-9(16)11-7-10(15(18)19)12(21-11)14(2)8-13(17)3-5-20-6-4-13/h7,9,16-17H,3-6,8H2,1-2H3/t9-/m0/s1. The quantitative estimate of drug-likeness (QED) is 0.634. The van der Waals surface area contributed by atoms with E-state index in [1.54, 1.807) is 18.9 Å². The zero-order valence-electron chi connectivity index (χ0n) is 12.1. The van der Waals surface area contributed by atoms with Crippen LogP contribution in [0.4, 0.5) is 10.7 Å². The molecule has 1 aliphatic rings. The molecule has 0 spiro atoms. The second-order valence-corrected chi connectivity index (χ2v) is 6.53. The monoisotopic (exact) mass is 316 g/mol. The predicted molar refractivity (Wildman–Crippen MR) is 79.9 cm³/mol. The lowest BCUT2D eigenvalue weighted by atomic mass is 9.94. The summed E-state index contributed by atoms with van der Waals surface area (Å²) in [6, 6.07) is 1.40. The summed E-state index contributed by atoms with van der Waals surface area (Å²) in [6.45, 7) is 2.87. The summed E-state index contributed by atoms with van der Waals surface area (Å²) >= 11 is 1.18. The van der Waals surface area contributed by atoms with E-state index in [9.17, 15) is 20.3 Å². The molecule has 118 valence electrons. The van der Waals surface area contributed by atoms with Gasteiger partial charge in [-0.3, -0.25) is 10.1 Å². The molecule has 2 heterocycles. The van der Waals surface area contributed by atoms with Gasteiger partial charge in [0.1, 0.15) is 0 Å². The van der Waals surface area contributed by atoms with Crippen molar-refractivity contribution >= 4 is 22.0 Å². The second kappa shape index (κ2) is 6.27. The summed E-state index contributed by atoms with van der Waals surface area (Å²) in [5.74, 6) is 0. The summed E-state index contributed by atoms with van der Waals surface area (Å²) in [7, 11) is 1.72. The lowest BCUT2D eigenvalue weighted by molar-refractivity contribution is -0.383. The molecule has 0 aromatic carbocycles. The van der Waals surface area contributed by atoms with E-state index in [1.807, 2.05) is 0 Å². The molecule has 1 atom stereocenters. The number of hydrogen-bond donors (Lipinski definition) is 2. The Labute approximate surface area is 126 Å². The van der Waals surface area contributed by atoms with Crippen LogP contribution in [0.15, 0.2) is 6.07 Å². The minimum absolute atomic E-state index is 0.0333. The number of nitrogens with zero attached hydrogens (tertiary/aromatic N) is 2. The van der Waals surface area contributed by atoms with Crippen LogP contribution in [-0.2, 0) is 4.74 Å². The second-order valence-electron chi connectivity index (χ2n) is 5.47. The molecule has 1 fully saturated rings. The van der Waals surface area contributed by atoms with Crippen LogP contribution in [0.2, 0.25) is 0 Å². The van der Waals surface area contributed by atoms with Crippen molar-refractivity contribution in [1.82, 2.24) is 0 Å². The highest BCUT2D eigenvalue weighted by Gasteiger charge is 2.33. The van der Waals surface area contributed by atoms with E-state index in [4.69, 9.17) is 4.74 Å². The average molecular weight is 316 g/mol. The third-order valence-electron chi connectivity index (χ3n) is 3.62. The van der Waals surface area contributed by atoms with E-state index in [0.29, 0.717) is 42.5 Å². The average Bonchev–Trinajstić information content (AvgIpc) is 2.84. The number of aliphatic hydroxyl groups is 2. The van der Waals surface area contributed by atoms with Crippen LogP contribution >= 0.6 is 11.3 Å². The van der Waals surface area contributed by atoms with Crippen LogP contribution < -0.4 is 4.90 Å². The number of ether oxygens (including phenoxy) is 1. The molecule has 0 bridgehead atoms. The first kappa shape index (κ1) is 16.2. The molecule has 0 aliphatic carbocycles. The van der Waals surface area contributed by atoms with Crippen molar-refractivity contribution in [2.45, 2.75) is 31.5 Å². The number of rotatable bonds is 5. The number of thiophene rings is 1. The highest BCUT2D eigenvalue weighted by Crippen LogP contribution is 2.40. The lowest BCUT2D eigenvalue weighted by Crippen LogP contribution is -2.45. The third-order valence-corrected chi connectivity index (χ3v) is 5.03. The van der Waals surface area contributed by atoms with Gasteiger partial charge >= 0.3 is 5.69 Å². The summed E-state index contributed by atoms with van der Waals surface area (Å²) in [5.41, 5.74) is -0.926. The van der Waals surface area contributed by atoms with Gasteiger partial charge in [-0.15, -0.1) is 11.3 Å². The SMILES string of the molecule is C[C@H](O)c1cc([N+](=O)[O-])c(N(C)CC2(O)CCOCC2)s1. The fourth-order valence-corrected chi connectivity index (χ4v) is 3.45. The largest absolute Gasteiger partial charge is 0.388 e. The van der Waals surface area contributed by atoms with Gasteiger partial charge in [0.2, 0.25) is 0 Å². The molecule has 2 rings (SSSR count). The maximum absolute atomic E-state index is 11.2. The number of nitro groups is 1. The molecule has 7 nitrogen and oxygen atoms in total. The lowest BCUT2D eigenvalue weighted by Gasteiger charge is -2.35. The number of hydrogen-bond acceptors (Lipinski definition) is 7. The molecule has 2 N–H and O–H groups in total. The zero-order valence-corrected chi connectivity index (χ0v) is 12.9. The highest BCUT2D eigenvalue weighted by molar-refractivity contribution is 7.16. The van der Waals surface area contributed by atoms with E-state index >= 15 is 0 Å². The van der Waals surface area contributed by atoms with Gasteiger partial charge in [0.05, 0.1) is 16.6 Å². The van der Waals surface area contributed by atoms with Crippen molar-refractivity contribution in [3.63, 3.8) is 0 Å². The minimum Gasteiger partial charge on any atom is -0.388 e. The minimum atomic E-state index is -0.893. The number of anilines is 1. The van der Waals surface area contributed by atoms with Crippen molar-refractivity contribution in [1.29, 1.82) is 0 Å². The van der Waals surface area contributed by atoms with Gasteiger partial charge in [-0.25, -0.2) is 0 Å². The molecule has 1 aromatic rings. The van der Waals surface area contributed by atoms with Crippen LogP contribution in [0.1, 0.15) is 30.7 Å². The van der Waals surface area contributed by atoms with Crippen molar-refractivity contribution in [2.75, 3.05) is 31.7 Å². The van der Waals surface area contributed by atoms with E-state index in [-0.39, 0.29) is 5.69 Å². The Hall–Kier alpha value is -1.22. The van der Waals surface area contributed by atoms with Gasteiger partial charge in [-0.05, 0) is 6.92 Å². The van der Waals surface area contributed by atoms with Crippen molar-refractivity contribution in [3.8, 4) is 0 Å². The van der Waals surface area contributed by atoms with Gasteiger partial charge < -0.3 is 19.8 Å². The van der Waals surface area contributed by atoms with Gasteiger partial charge in [0, 0.05) is 50.6 Å². The zero-order chi connectivity index (χ0) is 15.6. The Balaban J connectivity index is 2.21. The topological polar surface area (TPSA) is 96.1 Å². The maximum atomic E-state index is 11.2. The molecule has 0 unspecified atom stereocenters. The first-order valence-corrected chi connectivity index (χ1v) is 7.61. The van der Waals surface area contributed by atoms with Crippen LogP contribution in [0.3, 0.4) is 0 Å². The molecule has 8 heteroatoms. The smallest absolute Gasteiger partial charge is 0.304 e. The normalized spacial score (nSPS) is 19.2. The molecular weight excluding hydrogens is 296 g/mol. The van der Waals surface area contributed by atoms with Crippen LogP contribution in [-0.4, -0.2) is 47.5 Å². The van der Waals surface area contributed by atoms with E-state index in [0.717, 1.165) is 0 Å². The predicted octanol–water partition coefficient (Wildman–Crippen LogP) is 1.69. The maximum Gasteiger partial charge on any atom is 0.304 e. The van der Waals surface area contributed by atoms with E-state index in [2.05, 4.69) is 0 Å². The third kappa shape index (κ3) is 3.70. The summed E-state index contributed by atoms with van der Waals surface area (Å²) in [4.78, 5) is 12.9. The van der Waals surface area contributed by atoms with Crippen LogP contribution in [0, 0.1) is 10.1 Å². The van der Waals surface area contributed by atoms with E-state index in [1.165, 1.54) is 17.4 Å². The molecule has 0 amide bonds. The van der Waals surface area contributed by atoms with E-state index < -0.39 is 16.6 Å². The Kier molecular flexibility index (Phi) is 4.82. The first-order valence-electron chi connectivity index (χ1n) is 6.80. The molecule has 1 aromatic heterocycles. The molecule has 0 radical (unpaired) electrons. The van der Waals surface area contributed by atoms with Crippen molar-refractivity contribution in [3.05, 3.63) is 21.1 Å².